The first-order valence-electron chi connectivity index (χ1n) is 6.71. The third-order valence-corrected chi connectivity index (χ3v) is 3.92. The highest BCUT2D eigenvalue weighted by Crippen LogP contribution is 2.30. The van der Waals surface area contributed by atoms with Crippen LogP contribution in [0.15, 0.2) is 36.4 Å². The Bertz CT molecular complexity index is 820. The number of nitrogens with one attached hydrogen (secondary N) is 1. The van der Waals surface area contributed by atoms with Crippen molar-refractivity contribution in [2.45, 2.75) is 6.42 Å². The molecule has 0 saturated carbocycles. The van der Waals surface area contributed by atoms with Gasteiger partial charge in [0.15, 0.2) is 0 Å². The van der Waals surface area contributed by atoms with Gasteiger partial charge < -0.3 is 9.88 Å². The molecule has 0 fully saturated rings. The molecule has 1 N–H and O–H groups in total. The van der Waals surface area contributed by atoms with Crippen LogP contribution in [-0.4, -0.2) is 16.1 Å². The SMILES string of the molecule is Cn1c(-c2ccc3c(c2)NCC3)nc2cc(F)ccc21. The second-order valence-electron chi connectivity index (χ2n) is 5.18. The Hall–Kier alpha value is -2.36. The summed E-state index contributed by atoms with van der Waals surface area (Å²) >= 11 is 0. The Balaban J connectivity index is 1.91. The molecule has 0 amide bonds. The van der Waals surface area contributed by atoms with Gasteiger partial charge >= 0.3 is 0 Å². The Morgan fingerprint density at radius 2 is 2.10 bits per heavy atom. The fourth-order valence-electron chi connectivity index (χ4n) is 2.86. The quantitative estimate of drug-likeness (QED) is 0.732. The summed E-state index contributed by atoms with van der Waals surface area (Å²) in [6.07, 6.45) is 1.07. The molecule has 0 aliphatic carbocycles. The van der Waals surface area contributed by atoms with E-state index in [2.05, 4.69) is 28.5 Å². The summed E-state index contributed by atoms with van der Waals surface area (Å²) < 4.78 is 15.3. The molecule has 0 spiro atoms. The van der Waals surface area contributed by atoms with Gasteiger partial charge in [0.2, 0.25) is 0 Å². The molecule has 1 aromatic heterocycles. The number of fused-ring (bicyclic) bond motifs is 2. The maximum Gasteiger partial charge on any atom is 0.140 e. The van der Waals surface area contributed by atoms with Gasteiger partial charge in [-0.2, -0.15) is 0 Å². The van der Waals surface area contributed by atoms with Crippen LogP contribution in [0.25, 0.3) is 22.4 Å². The van der Waals surface area contributed by atoms with Crippen LogP contribution in [0.3, 0.4) is 0 Å². The molecule has 4 heteroatoms. The third kappa shape index (κ3) is 1.61. The molecule has 0 bridgehead atoms. The number of benzene rings is 2. The second kappa shape index (κ2) is 4.07. The Morgan fingerprint density at radius 3 is 3.00 bits per heavy atom. The van der Waals surface area contributed by atoms with Crippen molar-refractivity contribution < 1.29 is 4.39 Å². The van der Waals surface area contributed by atoms with Gasteiger partial charge in [0.05, 0.1) is 11.0 Å². The lowest BCUT2D eigenvalue weighted by Crippen LogP contribution is -1.94. The van der Waals surface area contributed by atoms with Crippen LogP contribution in [0, 0.1) is 5.82 Å². The lowest BCUT2D eigenvalue weighted by atomic mass is 10.1. The van der Waals surface area contributed by atoms with Crippen LogP contribution in [0.2, 0.25) is 0 Å². The average molecular weight is 267 g/mol. The van der Waals surface area contributed by atoms with Gasteiger partial charge in [-0.05, 0) is 30.2 Å². The van der Waals surface area contributed by atoms with E-state index in [4.69, 9.17) is 0 Å². The van der Waals surface area contributed by atoms with Gasteiger partial charge in [0.1, 0.15) is 11.6 Å². The summed E-state index contributed by atoms with van der Waals surface area (Å²) in [6, 6.07) is 11.1. The van der Waals surface area contributed by atoms with Crippen molar-refractivity contribution in [2.24, 2.45) is 7.05 Å². The third-order valence-electron chi connectivity index (χ3n) is 3.92. The summed E-state index contributed by atoms with van der Waals surface area (Å²) in [5.74, 6) is 0.611. The molecule has 0 saturated heterocycles. The summed E-state index contributed by atoms with van der Waals surface area (Å²) in [6.45, 7) is 0.993. The standard InChI is InChI=1S/C16H14FN3/c1-20-15-5-4-12(17)9-14(15)19-16(20)11-3-2-10-6-7-18-13(10)8-11/h2-5,8-9,18H,6-7H2,1H3. The molecule has 20 heavy (non-hydrogen) atoms. The van der Waals surface area contributed by atoms with E-state index in [-0.39, 0.29) is 5.82 Å². The molecule has 0 unspecified atom stereocenters. The molecule has 2 heterocycles. The zero-order valence-electron chi connectivity index (χ0n) is 11.2. The normalized spacial score (nSPS) is 13.5. The smallest absolute Gasteiger partial charge is 0.140 e. The van der Waals surface area contributed by atoms with E-state index in [1.165, 1.54) is 23.4 Å². The lowest BCUT2D eigenvalue weighted by molar-refractivity contribution is 0.629. The molecule has 1 aliphatic rings. The number of anilines is 1. The minimum absolute atomic E-state index is 0.252. The number of hydrogen-bond donors (Lipinski definition) is 1. The van der Waals surface area contributed by atoms with E-state index < -0.39 is 0 Å². The van der Waals surface area contributed by atoms with E-state index >= 15 is 0 Å². The summed E-state index contributed by atoms with van der Waals surface area (Å²) in [4.78, 5) is 4.56. The van der Waals surface area contributed by atoms with Crippen LogP contribution in [-0.2, 0) is 13.5 Å². The minimum Gasteiger partial charge on any atom is -0.384 e. The van der Waals surface area contributed by atoms with Crippen molar-refractivity contribution in [1.82, 2.24) is 9.55 Å². The number of imidazole rings is 1. The van der Waals surface area contributed by atoms with Crippen molar-refractivity contribution in [3.8, 4) is 11.4 Å². The first-order valence-corrected chi connectivity index (χ1v) is 6.71. The number of aromatic nitrogens is 2. The minimum atomic E-state index is -0.252. The largest absolute Gasteiger partial charge is 0.384 e. The molecule has 1 aliphatic heterocycles. The molecular formula is C16H14FN3. The predicted molar refractivity (Wildman–Crippen MR) is 78.3 cm³/mol. The van der Waals surface area contributed by atoms with E-state index in [0.29, 0.717) is 5.52 Å². The maximum atomic E-state index is 13.3. The highest BCUT2D eigenvalue weighted by molar-refractivity contribution is 5.81. The lowest BCUT2D eigenvalue weighted by Gasteiger charge is -2.05. The topological polar surface area (TPSA) is 29.9 Å². The van der Waals surface area contributed by atoms with Crippen LogP contribution < -0.4 is 5.32 Å². The van der Waals surface area contributed by atoms with Gasteiger partial charge in [-0.25, -0.2) is 9.37 Å². The molecule has 0 radical (unpaired) electrons. The highest BCUT2D eigenvalue weighted by atomic mass is 19.1. The summed E-state index contributed by atoms with van der Waals surface area (Å²) in [5, 5.41) is 3.38. The zero-order chi connectivity index (χ0) is 13.7. The molecule has 3 aromatic rings. The van der Waals surface area contributed by atoms with Crippen molar-refractivity contribution >= 4 is 16.7 Å². The number of nitrogens with zero attached hydrogens (tertiary/aromatic N) is 2. The van der Waals surface area contributed by atoms with E-state index in [9.17, 15) is 4.39 Å². The van der Waals surface area contributed by atoms with Crippen molar-refractivity contribution in [3.05, 3.63) is 47.8 Å². The van der Waals surface area contributed by atoms with Gasteiger partial charge in [-0.15, -0.1) is 0 Å². The van der Waals surface area contributed by atoms with E-state index in [1.54, 1.807) is 6.07 Å². The van der Waals surface area contributed by atoms with Gasteiger partial charge in [-0.1, -0.05) is 12.1 Å². The van der Waals surface area contributed by atoms with Gasteiger partial charge in [0.25, 0.3) is 0 Å². The highest BCUT2D eigenvalue weighted by Gasteiger charge is 2.14. The monoisotopic (exact) mass is 267 g/mol. The molecule has 0 atom stereocenters. The van der Waals surface area contributed by atoms with Gasteiger partial charge in [0, 0.05) is 30.9 Å². The van der Waals surface area contributed by atoms with Crippen LogP contribution in [0.5, 0.6) is 0 Å². The Labute approximate surface area is 116 Å². The maximum absolute atomic E-state index is 13.3. The first kappa shape index (κ1) is 11.5. The molecular weight excluding hydrogens is 253 g/mol. The van der Waals surface area contributed by atoms with Gasteiger partial charge in [-0.3, -0.25) is 0 Å². The first-order chi connectivity index (χ1) is 9.72. The Kier molecular flexibility index (Phi) is 2.33. The number of rotatable bonds is 1. The zero-order valence-corrected chi connectivity index (χ0v) is 11.2. The van der Waals surface area contributed by atoms with Crippen LogP contribution in [0.4, 0.5) is 10.1 Å². The number of aryl methyl sites for hydroxylation is 1. The Morgan fingerprint density at radius 1 is 1.20 bits per heavy atom. The number of halogens is 1. The van der Waals surface area contributed by atoms with E-state index in [0.717, 1.165) is 29.9 Å². The number of hydrogen-bond acceptors (Lipinski definition) is 2. The molecule has 2 aromatic carbocycles. The fourth-order valence-corrected chi connectivity index (χ4v) is 2.86. The molecule has 3 nitrogen and oxygen atoms in total. The van der Waals surface area contributed by atoms with Crippen molar-refractivity contribution in [2.75, 3.05) is 11.9 Å². The van der Waals surface area contributed by atoms with Crippen molar-refractivity contribution in [3.63, 3.8) is 0 Å². The summed E-state index contributed by atoms with van der Waals surface area (Å²) in [7, 11) is 1.96. The van der Waals surface area contributed by atoms with Crippen molar-refractivity contribution in [1.29, 1.82) is 0 Å². The molecule has 4 rings (SSSR count). The fraction of sp³-hybridized carbons (Fsp3) is 0.188. The average Bonchev–Trinajstić information content (AvgIpc) is 3.02. The predicted octanol–water partition coefficient (Wildman–Crippen LogP) is 3.35. The molecule has 100 valence electrons. The van der Waals surface area contributed by atoms with Crippen LogP contribution >= 0.6 is 0 Å². The second-order valence-corrected chi connectivity index (χ2v) is 5.18. The van der Waals surface area contributed by atoms with E-state index in [1.807, 2.05) is 11.6 Å². The summed E-state index contributed by atoms with van der Waals surface area (Å²) in [5.41, 5.74) is 5.21. The van der Waals surface area contributed by atoms with Crippen LogP contribution in [0.1, 0.15) is 5.56 Å².